The van der Waals surface area contributed by atoms with Gasteiger partial charge in [-0.15, -0.1) is 0 Å². The van der Waals surface area contributed by atoms with E-state index < -0.39 is 5.60 Å². The summed E-state index contributed by atoms with van der Waals surface area (Å²) in [5.41, 5.74) is 5.57. The predicted molar refractivity (Wildman–Crippen MR) is 73.6 cm³/mol. The van der Waals surface area contributed by atoms with E-state index in [4.69, 9.17) is 23.2 Å². The van der Waals surface area contributed by atoms with Gasteiger partial charge in [-0.2, -0.15) is 5.26 Å². The molecule has 1 aliphatic heterocycles. The SMILES string of the molecule is N#C/C(=C/C1(O)C=CNc2ccccc21)C(N)=S. The molecule has 18 heavy (non-hydrogen) atoms. The lowest BCUT2D eigenvalue weighted by Gasteiger charge is -2.28. The molecule has 2 rings (SSSR count). The molecule has 1 aromatic carbocycles. The average molecular weight is 257 g/mol. The molecule has 0 saturated heterocycles. The van der Waals surface area contributed by atoms with E-state index in [-0.39, 0.29) is 10.6 Å². The van der Waals surface area contributed by atoms with Gasteiger partial charge in [0.25, 0.3) is 0 Å². The molecule has 0 bridgehead atoms. The summed E-state index contributed by atoms with van der Waals surface area (Å²) in [6, 6.07) is 9.16. The molecule has 1 aromatic rings. The summed E-state index contributed by atoms with van der Waals surface area (Å²) < 4.78 is 0. The minimum Gasteiger partial charge on any atom is -0.389 e. The Morgan fingerprint density at radius 2 is 2.22 bits per heavy atom. The molecule has 0 fully saturated rings. The van der Waals surface area contributed by atoms with Crippen molar-refractivity contribution in [3.8, 4) is 6.07 Å². The van der Waals surface area contributed by atoms with Crippen LogP contribution in [-0.2, 0) is 5.60 Å². The molecule has 1 atom stereocenters. The Morgan fingerprint density at radius 1 is 1.50 bits per heavy atom. The molecule has 90 valence electrons. The second-order valence-electron chi connectivity index (χ2n) is 3.88. The van der Waals surface area contributed by atoms with E-state index in [0.29, 0.717) is 5.56 Å². The van der Waals surface area contributed by atoms with Gasteiger partial charge in [0.1, 0.15) is 16.7 Å². The maximum Gasteiger partial charge on any atom is 0.132 e. The van der Waals surface area contributed by atoms with Gasteiger partial charge in [-0.3, -0.25) is 0 Å². The molecule has 4 nitrogen and oxygen atoms in total. The largest absolute Gasteiger partial charge is 0.389 e. The molecular formula is C13H11N3OS. The first-order valence-electron chi connectivity index (χ1n) is 5.26. The van der Waals surface area contributed by atoms with Crippen LogP contribution in [0.3, 0.4) is 0 Å². The molecule has 0 aliphatic carbocycles. The van der Waals surface area contributed by atoms with E-state index in [2.05, 4.69) is 5.32 Å². The number of anilines is 1. The zero-order valence-electron chi connectivity index (χ0n) is 9.42. The average Bonchev–Trinajstić information content (AvgIpc) is 2.36. The summed E-state index contributed by atoms with van der Waals surface area (Å²) in [4.78, 5) is -0.0321. The highest BCUT2D eigenvalue weighted by atomic mass is 32.1. The molecular weight excluding hydrogens is 246 g/mol. The third-order valence-electron chi connectivity index (χ3n) is 2.69. The number of rotatable bonds is 2. The van der Waals surface area contributed by atoms with Crippen molar-refractivity contribution < 1.29 is 5.11 Å². The van der Waals surface area contributed by atoms with Crippen molar-refractivity contribution in [2.45, 2.75) is 5.60 Å². The maximum absolute atomic E-state index is 10.6. The molecule has 1 heterocycles. The lowest BCUT2D eigenvalue weighted by molar-refractivity contribution is 0.142. The van der Waals surface area contributed by atoms with Crippen molar-refractivity contribution in [2.75, 3.05) is 5.32 Å². The van der Waals surface area contributed by atoms with E-state index >= 15 is 0 Å². The van der Waals surface area contributed by atoms with E-state index in [1.54, 1.807) is 18.3 Å². The molecule has 5 heteroatoms. The summed E-state index contributed by atoms with van der Waals surface area (Å²) in [5, 5.41) is 22.6. The van der Waals surface area contributed by atoms with Gasteiger partial charge >= 0.3 is 0 Å². The van der Waals surface area contributed by atoms with E-state index in [0.717, 1.165) is 5.69 Å². The summed E-state index contributed by atoms with van der Waals surface area (Å²) in [6.07, 6.45) is 4.53. The normalized spacial score (nSPS) is 21.7. The van der Waals surface area contributed by atoms with Crippen molar-refractivity contribution in [1.82, 2.24) is 0 Å². The van der Waals surface area contributed by atoms with Gasteiger partial charge in [0.2, 0.25) is 0 Å². The minimum atomic E-state index is -1.38. The van der Waals surface area contributed by atoms with Crippen molar-refractivity contribution >= 4 is 22.9 Å². The van der Waals surface area contributed by atoms with Gasteiger partial charge < -0.3 is 16.2 Å². The highest BCUT2D eigenvalue weighted by Crippen LogP contribution is 2.34. The third kappa shape index (κ3) is 2.12. The van der Waals surface area contributed by atoms with Gasteiger partial charge in [-0.25, -0.2) is 0 Å². The molecule has 4 N–H and O–H groups in total. The quantitative estimate of drug-likeness (QED) is 0.425. The van der Waals surface area contributed by atoms with Crippen LogP contribution in [0.5, 0.6) is 0 Å². The first-order chi connectivity index (χ1) is 8.57. The summed E-state index contributed by atoms with van der Waals surface area (Å²) in [6.45, 7) is 0. The molecule has 0 radical (unpaired) electrons. The Morgan fingerprint density at radius 3 is 2.89 bits per heavy atom. The number of aliphatic hydroxyl groups is 1. The lowest BCUT2D eigenvalue weighted by atomic mass is 9.88. The number of nitrogens with one attached hydrogen (secondary N) is 1. The lowest BCUT2D eigenvalue weighted by Crippen LogP contribution is -2.26. The first-order valence-corrected chi connectivity index (χ1v) is 5.66. The topological polar surface area (TPSA) is 82.1 Å². The number of nitrogens with zero attached hydrogens (tertiary/aromatic N) is 1. The van der Waals surface area contributed by atoms with Crippen molar-refractivity contribution in [3.05, 3.63) is 53.8 Å². The van der Waals surface area contributed by atoms with Crippen LogP contribution in [0, 0.1) is 11.3 Å². The molecule has 1 unspecified atom stereocenters. The Bertz CT molecular complexity index is 600. The summed E-state index contributed by atoms with van der Waals surface area (Å²) in [7, 11) is 0. The first kappa shape index (κ1) is 12.3. The zero-order valence-corrected chi connectivity index (χ0v) is 10.2. The van der Waals surface area contributed by atoms with Crippen molar-refractivity contribution in [2.24, 2.45) is 5.73 Å². The standard InChI is InChI=1S/C13H11N3OS/c14-8-9(12(15)18)7-13(17)5-6-16-11-4-2-1-3-10(11)13/h1-7,16-17H,(H2,15,18)/b9-7-. The van der Waals surface area contributed by atoms with Crippen molar-refractivity contribution in [1.29, 1.82) is 5.26 Å². The van der Waals surface area contributed by atoms with Gasteiger partial charge in [0.05, 0.1) is 5.57 Å². The molecule has 0 saturated carbocycles. The fraction of sp³-hybridized carbons (Fsp3) is 0.0769. The highest BCUT2D eigenvalue weighted by Gasteiger charge is 2.29. The van der Waals surface area contributed by atoms with Gasteiger partial charge in [0, 0.05) is 17.5 Å². The summed E-state index contributed by atoms with van der Waals surface area (Å²) in [5.74, 6) is 0. The predicted octanol–water partition coefficient (Wildman–Crippen LogP) is 1.55. The van der Waals surface area contributed by atoms with Crippen LogP contribution in [0.1, 0.15) is 5.56 Å². The summed E-state index contributed by atoms with van der Waals surface area (Å²) >= 11 is 4.77. The van der Waals surface area contributed by atoms with E-state index in [1.807, 2.05) is 24.3 Å². The maximum atomic E-state index is 10.6. The zero-order chi connectivity index (χ0) is 13.2. The number of para-hydroxylation sites is 1. The monoisotopic (exact) mass is 257 g/mol. The van der Waals surface area contributed by atoms with Gasteiger partial charge in [-0.1, -0.05) is 30.4 Å². The van der Waals surface area contributed by atoms with E-state index in [1.165, 1.54) is 6.08 Å². The Hall–Kier alpha value is -2.16. The number of benzene rings is 1. The molecule has 1 aliphatic rings. The van der Waals surface area contributed by atoms with Crippen LogP contribution < -0.4 is 11.1 Å². The second kappa shape index (κ2) is 4.61. The molecule has 0 amide bonds. The number of hydrogen-bond acceptors (Lipinski definition) is 4. The fourth-order valence-corrected chi connectivity index (χ4v) is 1.92. The van der Waals surface area contributed by atoms with Gasteiger partial charge in [0.15, 0.2) is 0 Å². The Balaban J connectivity index is 2.55. The van der Waals surface area contributed by atoms with Crippen LogP contribution in [0.25, 0.3) is 0 Å². The second-order valence-corrected chi connectivity index (χ2v) is 4.32. The smallest absolute Gasteiger partial charge is 0.132 e. The minimum absolute atomic E-state index is 0.0321. The van der Waals surface area contributed by atoms with Crippen LogP contribution in [0.2, 0.25) is 0 Å². The van der Waals surface area contributed by atoms with Crippen LogP contribution >= 0.6 is 12.2 Å². The number of thiocarbonyl (C=S) groups is 1. The molecule has 0 spiro atoms. The number of nitrogens with two attached hydrogens (primary N) is 1. The van der Waals surface area contributed by atoms with Crippen molar-refractivity contribution in [3.63, 3.8) is 0 Å². The highest BCUT2D eigenvalue weighted by molar-refractivity contribution is 7.80. The van der Waals surface area contributed by atoms with E-state index in [9.17, 15) is 5.11 Å². The molecule has 0 aromatic heterocycles. The van der Waals surface area contributed by atoms with Crippen LogP contribution in [0.15, 0.2) is 48.2 Å². The Labute approximate surface area is 110 Å². The van der Waals surface area contributed by atoms with Crippen LogP contribution in [-0.4, -0.2) is 10.1 Å². The number of nitriles is 1. The number of fused-ring (bicyclic) bond motifs is 1. The third-order valence-corrected chi connectivity index (χ3v) is 2.90. The van der Waals surface area contributed by atoms with Crippen LogP contribution in [0.4, 0.5) is 5.69 Å². The number of hydrogen-bond donors (Lipinski definition) is 3. The fourth-order valence-electron chi connectivity index (χ4n) is 1.81. The van der Waals surface area contributed by atoms with Gasteiger partial charge in [-0.05, 0) is 18.2 Å². The Kier molecular flexibility index (Phi) is 3.15.